The SMILES string of the molecule is CC(C)OCC1(CCCC(F)(F)C(C)C)CC1. The van der Waals surface area contributed by atoms with Gasteiger partial charge in [0.15, 0.2) is 0 Å². The summed E-state index contributed by atoms with van der Waals surface area (Å²) in [7, 11) is 0. The minimum absolute atomic E-state index is 0.0219. The quantitative estimate of drug-likeness (QED) is 0.607. The minimum atomic E-state index is -2.50. The molecule has 3 heteroatoms. The first-order valence-electron chi connectivity index (χ1n) is 6.77. The lowest BCUT2D eigenvalue weighted by atomic mass is 9.94. The largest absolute Gasteiger partial charge is 0.378 e. The van der Waals surface area contributed by atoms with Crippen LogP contribution < -0.4 is 0 Å². The van der Waals surface area contributed by atoms with Crippen molar-refractivity contribution in [3.05, 3.63) is 0 Å². The molecule has 1 saturated carbocycles. The molecule has 0 heterocycles. The number of halogens is 2. The first-order valence-corrected chi connectivity index (χ1v) is 6.77. The Morgan fingerprint density at radius 1 is 1.18 bits per heavy atom. The lowest BCUT2D eigenvalue weighted by Crippen LogP contribution is -2.24. The van der Waals surface area contributed by atoms with E-state index in [9.17, 15) is 8.78 Å². The summed E-state index contributed by atoms with van der Waals surface area (Å²) in [5, 5.41) is 0. The van der Waals surface area contributed by atoms with Gasteiger partial charge in [-0.2, -0.15) is 0 Å². The van der Waals surface area contributed by atoms with E-state index in [1.54, 1.807) is 13.8 Å². The molecule has 17 heavy (non-hydrogen) atoms. The average Bonchev–Trinajstić information content (AvgIpc) is 2.95. The van der Waals surface area contributed by atoms with Gasteiger partial charge in [-0.05, 0) is 44.9 Å². The number of hydrogen-bond acceptors (Lipinski definition) is 1. The maximum Gasteiger partial charge on any atom is 0.250 e. The van der Waals surface area contributed by atoms with Gasteiger partial charge in [0, 0.05) is 12.3 Å². The van der Waals surface area contributed by atoms with Crippen LogP contribution in [0.3, 0.4) is 0 Å². The van der Waals surface area contributed by atoms with E-state index in [0.29, 0.717) is 6.42 Å². The summed E-state index contributed by atoms with van der Waals surface area (Å²) in [6, 6.07) is 0. The fourth-order valence-corrected chi connectivity index (χ4v) is 1.97. The number of rotatable bonds is 8. The van der Waals surface area contributed by atoms with Gasteiger partial charge in [0.25, 0.3) is 0 Å². The van der Waals surface area contributed by atoms with E-state index in [-0.39, 0.29) is 17.9 Å². The number of hydrogen-bond donors (Lipinski definition) is 0. The Morgan fingerprint density at radius 3 is 2.18 bits per heavy atom. The molecule has 0 radical (unpaired) electrons. The second kappa shape index (κ2) is 5.64. The zero-order chi connectivity index (χ0) is 13.1. The van der Waals surface area contributed by atoms with Crippen LogP contribution in [0.4, 0.5) is 8.78 Å². The maximum atomic E-state index is 13.4. The summed E-state index contributed by atoms with van der Waals surface area (Å²) in [6.45, 7) is 7.97. The van der Waals surface area contributed by atoms with Gasteiger partial charge in [0.05, 0.1) is 12.7 Å². The molecule has 0 N–H and O–H groups in total. The normalized spacial score (nSPS) is 19.1. The standard InChI is InChI=1S/C14H26F2O/c1-11(2)14(15,16)7-5-6-13(8-9-13)10-17-12(3)4/h11-12H,5-10H2,1-4H3. The Balaban J connectivity index is 2.22. The molecule has 1 rings (SSSR count). The molecule has 0 amide bonds. The molecule has 0 atom stereocenters. The zero-order valence-electron chi connectivity index (χ0n) is 11.6. The van der Waals surface area contributed by atoms with Crippen LogP contribution in [-0.2, 0) is 4.74 Å². The van der Waals surface area contributed by atoms with Crippen LogP contribution in [0.15, 0.2) is 0 Å². The molecule has 1 nitrogen and oxygen atoms in total. The molecule has 0 bridgehead atoms. The number of ether oxygens (including phenoxy) is 1. The fraction of sp³-hybridized carbons (Fsp3) is 1.00. The van der Waals surface area contributed by atoms with E-state index in [1.807, 2.05) is 13.8 Å². The Morgan fingerprint density at radius 2 is 1.76 bits per heavy atom. The van der Waals surface area contributed by atoms with Crippen molar-refractivity contribution in [2.45, 2.75) is 71.8 Å². The van der Waals surface area contributed by atoms with Crippen LogP contribution >= 0.6 is 0 Å². The predicted molar refractivity (Wildman–Crippen MR) is 66.4 cm³/mol. The molecule has 1 fully saturated rings. The molecule has 0 aliphatic heterocycles. The summed E-state index contributed by atoms with van der Waals surface area (Å²) in [5.41, 5.74) is 0.233. The first kappa shape index (κ1) is 14.9. The van der Waals surface area contributed by atoms with Gasteiger partial charge in [-0.3, -0.25) is 0 Å². The summed E-state index contributed by atoms with van der Waals surface area (Å²) in [5.74, 6) is -3.06. The number of alkyl halides is 2. The lowest BCUT2D eigenvalue weighted by Gasteiger charge is -2.22. The minimum Gasteiger partial charge on any atom is -0.378 e. The third-order valence-electron chi connectivity index (χ3n) is 3.74. The van der Waals surface area contributed by atoms with Crippen molar-refractivity contribution in [1.29, 1.82) is 0 Å². The third kappa shape index (κ3) is 4.90. The van der Waals surface area contributed by atoms with E-state index in [0.717, 1.165) is 25.9 Å². The third-order valence-corrected chi connectivity index (χ3v) is 3.74. The Kier molecular flexibility index (Phi) is 4.94. The second-order valence-corrected chi connectivity index (χ2v) is 6.13. The van der Waals surface area contributed by atoms with E-state index >= 15 is 0 Å². The molecule has 1 aliphatic carbocycles. The van der Waals surface area contributed by atoms with Gasteiger partial charge < -0.3 is 4.74 Å². The monoisotopic (exact) mass is 248 g/mol. The predicted octanol–water partition coefficient (Wildman–Crippen LogP) is 4.65. The smallest absolute Gasteiger partial charge is 0.250 e. The van der Waals surface area contributed by atoms with Gasteiger partial charge in [-0.25, -0.2) is 8.78 Å². The maximum absolute atomic E-state index is 13.4. The summed E-state index contributed by atoms with van der Waals surface area (Å²) in [4.78, 5) is 0. The Labute approximate surface area is 104 Å². The van der Waals surface area contributed by atoms with Crippen molar-refractivity contribution >= 4 is 0 Å². The summed E-state index contributed by atoms with van der Waals surface area (Å²) < 4.78 is 32.5. The van der Waals surface area contributed by atoms with E-state index < -0.39 is 11.8 Å². The van der Waals surface area contributed by atoms with Gasteiger partial charge in [0.1, 0.15) is 0 Å². The molecular weight excluding hydrogens is 222 g/mol. The second-order valence-electron chi connectivity index (χ2n) is 6.13. The highest BCUT2D eigenvalue weighted by atomic mass is 19.3. The highest BCUT2D eigenvalue weighted by Crippen LogP contribution is 2.50. The Hall–Kier alpha value is -0.180. The molecule has 0 aromatic rings. The summed E-state index contributed by atoms with van der Waals surface area (Å²) >= 11 is 0. The molecule has 0 aromatic heterocycles. The molecule has 0 unspecified atom stereocenters. The molecule has 0 aromatic carbocycles. The highest BCUT2D eigenvalue weighted by Gasteiger charge is 2.43. The average molecular weight is 248 g/mol. The van der Waals surface area contributed by atoms with Crippen LogP contribution in [0.1, 0.15) is 59.8 Å². The van der Waals surface area contributed by atoms with Crippen molar-refractivity contribution in [2.24, 2.45) is 11.3 Å². The summed E-state index contributed by atoms with van der Waals surface area (Å²) in [6.07, 6.45) is 4.06. The van der Waals surface area contributed by atoms with Crippen LogP contribution in [0.25, 0.3) is 0 Å². The highest BCUT2D eigenvalue weighted by molar-refractivity contribution is 4.93. The Bertz CT molecular complexity index is 232. The zero-order valence-corrected chi connectivity index (χ0v) is 11.6. The van der Waals surface area contributed by atoms with E-state index in [2.05, 4.69) is 0 Å². The van der Waals surface area contributed by atoms with E-state index in [1.165, 1.54) is 0 Å². The van der Waals surface area contributed by atoms with Crippen LogP contribution in [-0.4, -0.2) is 18.6 Å². The van der Waals surface area contributed by atoms with Crippen LogP contribution in [0.2, 0.25) is 0 Å². The molecule has 1 aliphatic rings. The molecular formula is C14H26F2O. The molecule has 0 spiro atoms. The van der Waals surface area contributed by atoms with Crippen LogP contribution in [0.5, 0.6) is 0 Å². The topological polar surface area (TPSA) is 9.23 Å². The first-order chi connectivity index (χ1) is 7.77. The van der Waals surface area contributed by atoms with Gasteiger partial charge in [-0.15, -0.1) is 0 Å². The van der Waals surface area contributed by atoms with Crippen molar-refractivity contribution in [3.8, 4) is 0 Å². The van der Waals surface area contributed by atoms with Crippen molar-refractivity contribution in [3.63, 3.8) is 0 Å². The van der Waals surface area contributed by atoms with Crippen LogP contribution in [0, 0.1) is 11.3 Å². The molecule has 0 saturated heterocycles. The van der Waals surface area contributed by atoms with Crippen molar-refractivity contribution in [2.75, 3.05) is 6.61 Å². The fourth-order valence-electron chi connectivity index (χ4n) is 1.97. The van der Waals surface area contributed by atoms with Gasteiger partial charge in [0.2, 0.25) is 5.92 Å². The van der Waals surface area contributed by atoms with Gasteiger partial charge in [-0.1, -0.05) is 13.8 Å². The van der Waals surface area contributed by atoms with E-state index in [4.69, 9.17) is 4.74 Å². The van der Waals surface area contributed by atoms with Crippen molar-refractivity contribution < 1.29 is 13.5 Å². The van der Waals surface area contributed by atoms with Gasteiger partial charge >= 0.3 is 0 Å². The van der Waals surface area contributed by atoms with Crippen molar-refractivity contribution in [1.82, 2.24) is 0 Å². The molecule has 102 valence electrons. The lowest BCUT2D eigenvalue weighted by molar-refractivity contribution is -0.0561.